The van der Waals surface area contributed by atoms with Crippen molar-refractivity contribution in [3.05, 3.63) is 45.5 Å². The van der Waals surface area contributed by atoms with Gasteiger partial charge in [-0.2, -0.15) is 0 Å². The van der Waals surface area contributed by atoms with Crippen LogP contribution in [0.15, 0.2) is 41.3 Å². The number of hydrogen-bond donors (Lipinski definition) is 1. The summed E-state index contributed by atoms with van der Waals surface area (Å²) in [6.45, 7) is 2.79. The van der Waals surface area contributed by atoms with E-state index in [0.29, 0.717) is 30.5 Å². The summed E-state index contributed by atoms with van der Waals surface area (Å²) in [7, 11) is -2.11. The Balaban J connectivity index is 1.81. The molecule has 0 radical (unpaired) electrons. The third kappa shape index (κ3) is 4.01. The molecule has 0 aliphatic carbocycles. The van der Waals surface area contributed by atoms with Gasteiger partial charge >= 0.3 is 0 Å². The van der Waals surface area contributed by atoms with Crippen molar-refractivity contribution in [3.8, 4) is 17.2 Å². The molecule has 2 aromatic rings. The number of sulfonamides is 1. The molecule has 8 heteroatoms. The maximum Gasteiger partial charge on any atom is 0.241 e. The second kappa shape index (κ2) is 7.38. The fourth-order valence-corrected chi connectivity index (χ4v) is 4.72. The molecule has 0 saturated heterocycles. The van der Waals surface area contributed by atoms with Gasteiger partial charge in [0, 0.05) is 6.04 Å². The van der Waals surface area contributed by atoms with Gasteiger partial charge in [0.15, 0.2) is 11.5 Å². The largest absolute Gasteiger partial charge is 0.496 e. The fourth-order valence-electron chi connectivity index (χ4n) is 2.51. The van der Waals surface area contributed by atoms with Crippen molar-refractivity contribution in [2.75, 3.05) is 20.3 Å². The van der Waals surface area contributed by atoms with Crippen molar-refractivity contribution in [2.45, 2.75) is 17.9 Å². The number of hydrogen-bond acceptors (Lipinski definition) is 5. The van der Waals surface area contributed by atoms with Crippen LogP contribution >= 0.6 is 22.6 Å². The maximum absolute atomic E-state index is 12.6. The zero-order valence-corrected chi connectivity index (χ0v) is 16.8. The highest BCUT2D eigenvalue weighted by Gasteiger charge is 2.21. The van der Waals surface area contributed by atoms with Crippen LogP contribution in [-0.4, -0.2) is 28.7 Å². The number of methoxy groups -OCH3 is 1. The summed E-state index contributed by atoms with van der Waals surface area (Å²) < 4.78 is 44.9. The van der Waals surface area contributed by atoms with E-state index in [1.54, 1.807) is 38.3 Å². The minimum Gasteiger partial charge on any atom is -0.496 e. The van der Waals surface area contributed by atoms with Crippen LogP contribution in [0, 0.1) is 3.57 Å². The van der Waals surface area contributed by atoms with Gasteiger partial charge in [-0.25, -0.2) is 13.1 Å². The van der Waals surface area contributed by atoms with E-state index in [-0.39, 0.29) is 4.90 Å². The highest BCUT2D eigenvalue weighted by atomic mass is 127. The van der Waals surface area contributed by atoms with Crippen LogP contribution in [0.5, 0.6) is 17.2 Å². The summed E-state index contributed by atoms with van der Waals surface area (Å²) in [5.41, 5.74) is 0.802. The second-order valence-electron chi connectivity index (χ2n) is 5.54. The first kappa shape index (κ1) is 18.3. The van der Waals surface area contributed by atoms with Crippen LogP contribution in [0.2, 0.25) is 0 Å². The van der Waals surface area contributed by atoms with Gasteiger partial charge in [0.2, 0.25) is 10.0 Å². The number of halogens is 1. The number of rotatable bonds is 5. The van der Waals surface area contributed by atoms with E-state index in [0.717, 1.165) is 9.13 Å². The lowest BCUT2D eigenvalue weighted by atomic mass is 10.1. The van der Waals surface area contributed by atoms with E-state index < -0.39 is 16.1 Å². The van der Waals surface area contributed by atoms with Crippen molar-refractivity contribution in [1.29, 1.82) is 0 Å². The van der Waals surface area contributed by atoms with Gasteiger partial charge in [-0.15, -0.1) is 0 Å². The van der Waals surface area contributed by atoms with E-state index in [1.807, 2.05) is 28.7 Å². The molecular formula is C17H18INO5S. The average molecular weight is 475 g/mol. The molecule has 1 aliphatic rings. The molecule has 25 heavy (non-hydrogen) atoms. The van der Waals surface area contributed by atoms with Crippen LogP contribution in [0.3, 0.4) is 0 Å². The predicted molar refractivity (Wildman–Crippen MR) is 102 cm³/mol. The van der Waals surface area contributed by atoms with E-state index in [9.17, 15) is 8.42 Å². The monoisotopic (exact) mass is 475 g/mol. The van der Waals surface area contributed by atoms with Crippen molar-refractivity contribution in [2.24, 2.45) is 0 Å². The molecule has 134 valence electrons. The molecule has 6 nitrogen and oxygen atoms in total. The van der Waals surface area contributed by atoms with Crippen LogP contribution in [-0.2, 0) is 10.0 Å². The summed E-state index contributed by atoms with van der Waals surface area (Å²) in [6.07, 6.45) is 0. The smallest absolute Gasteiger partial charge is 0.241 e. The molecule has 0 bridgehead atoms. The molecule has 0 saturated carbocycles. The predicted octanol–water partition coefficient (Wildman–Crippen LogP) is 3.11. The van der Waals surface area contributed by atoms with E-state index in [2.05, 4.69) is 4.72 Å². The molecule has 2 aromatic carbocycles. The maximum atomic E-state index is 12.6. The topological polar surface area (TPSA) is 73.9 Å². The molecule has 0 fully saturated rings. The van der Waals surface area contributed by atoms with Crippen molar-refractivity contribution < 1.29 is 22.6 Å². The van der Waals surface area contributed by atoms with Gasteiger partial charge in [-0.05, 0) is 65.4 Å². The van der Waals surface area contributed by atoms with Gasteiger partial charge in [0.05, 0.1) is 15.6 Å². The number of nitrogens with one attached hydrogen (secondary N) is 1. The van der Waals surface area contributed by atoms with Crippen molar-refractivity contribution in [1.82, 2.24) is 4.72 Å². The molecule has 1 N–H and O–H groups in total. The molecule has 0 amide bonds. The van der Waals surface area contributed by atoms with Crippen LogP contribution in [0.1, 0.15) is 18.5 Å². The number of fused-ring (bicyclic) bond motifs is 1. The number of benzene rings is 2. The van der Waals surface area contributed by atoms with Gasteiger partial charge in [0.25, 0.3) is 0 Å². The third-order valence-electron chi connectivity index (χ3n) is 3.83. The van der Waals surface area contributed by atoms with Crippen molar-refractivity contribution in [3.63, 3.8) is 0 Å². The Hall–Kier alpha value is -1.52. The molecule has 0 aromatic heterocycles. The highest BCUT2D eigenvalue weighted by molar-refractivity contribution is 14.1. The Bertz CT molecular complexity index is 885. The van der Waals surface area contributed by atoms with E-state index in [1.165, 1.54) is 6.07 Å². The summed E-state index contributed by atoms with van der Waals surface area (Å²) in [5.74, 6) is 1.95. The van der Waals surface area contributed by atoms with Gasteiger partial charge in [0.1, 0.15) is 19.0 Å². The SMILES string of the molecule is COc1ccc(S(=O)(=O)N[C@@H](C)c2ccc3c(c2)OCCO3)cc1I. The van der Waals surface area contributed by atoms with Crippen molar-refractivity contribution >= 4 is 32.6 Å². The summed E-state index contributed by atoms with van der Waals surface area (Å²) >= 11 is 2.05. The first-order valence-electron chi connectivity index (χ1n) is 7.66. The molecule has 1 aliphatic heterocycles. The van der Waals surface area contributed by atoms with E-state index >= 15 is 0 Å². The van der Waals surface area contributed by atoms with Gasteiger partial charge in [-0.1, -0.05) is 6.07 Å². The minimum absolute atomic E-state index is 0.196. The summed E-state index contributed by atoms with van der Waals surface area (Å²) in [4.78, 5) is 0.196. The van der Waals surface area contributed by atoms with Gasteiger partial charge in [-0.3, -0.25) is 0 Å². The Morgan fingerprint density at radius 3 is 2.52 bits per heavy atom. The van der Waals surface area contributed by atoms with Crippen LogP contribution in [0.25, 0.3) is 0 Å². The summed E-state index contributed by atoms with van der Waals surface area (Å²) in [6, 6.07) is 9.77. The first-order chi connectivity index (χ1) is 11.9. The molecule has 0 spiro atoms. The molecule has 1 atom stereocenters. The number of ether oxygens (including phenoxy) is 3. The highest BCUT2D eigenvalue weighted by Crippen LogP contribution is 2.33. The van der Waals surface area contributed by atoms with Crippen LogP contribution in [0.4, 0.5) is 0 Å². The Labute approximate surface area is 160 Å². The first-order valence-corrected chi connectivity index (χ1v) is 10.2. The average Bonchev–Trinajstić information content (AvgIpc) is 2.60. The Kier molecular flexibility index (Phi) is 5.40. The quantitative estimate of drug-likeness (QED) is 0.673. The molecular weight excluding hydrogens is 457 g/mol. The van der Waals surface area contributed by atoms with Gasteiger partial charge < -0.3 is 14.2 Å². The zero-order valence-electron chi connectivity index (χ0n) is 13.8. The Morgan fingerprint density at radius 2 is 1.84 bits per heavy atom. The third-order valence-corrected chi connectivity index (χ3v) is 6.21. The van der Waals surface area contributed by atoms with Crippen LogP contribution < -0.4 is 18.9 Å². The lowest BCUT2D eigenvalue weighted by Gasteiger charge is -2.21. The minimum atomic E-state index is -3.66. The second-order valence-corrected chi connectivity index (χ2v) is 8.42. The molecule has 3 rings (SSSR count). The van der Waals surface area contributed by atoms with E-state index in [4.69, 9.17) is 14.2 Å². The normalized spacial score (nSPS) is 14.8. The lowest BCUT2D eigenvalue weighted by molar-refractivity contribution is 0.171. The zero-order chi connectivity index (χ0) is 18.0. The molecule has 0 unspecified atom stereocenters. The lowest BCUT2D eigenvalue weighted by Crippen LogP contribution is -2.27. The standard InChI is InChI=1S/C17H18INO5S/c1-11(12-3-5-16-17(9-12)24-8-7-23-16)19-25(20,21)13-4-6-15(22-2)14(18)10-13/h3-6,9-11,19H,7-8H2,1-2H3/t11-/m0/s1. The molecule has 1 heterocycles. The summed E-state index contributed by atoms with van der Waals surface area (Å²) in [5, 5.41) is 0. The fraction of sp³-hybridized carbons (Fsp3) is 0.294. The Morgan fingerprint density at radius 1 is 1.12 bits per heavy atom.